The van der Waals surface area contributed by atoms with E-state index < -0.39 is 6.10 Å². The van der Waals surface area contributed by atoms with Crippen molar-refractivity contribution in [3.63, 3.8) is 0 Å². The Morgan fingerprint density at radius 3 is 2.57 bits per heavy atom. The molecule has 1 unspecified atom stereocenters. The molecule has 1 aromatic carbocycles. The molecule has 0 amide bonds. The Kier molecular flexibility index (Phi) is 2.46. The van der Waals surface area contributed by atoms with Gasteiger partial charge in [-0.15, -0.1) is 0 Å². The van der Waals surface area contributed by atoms with Crippen LogP contribution in [0.15, 0.2) is 36.4 Å². The molecule has 0 saturated carbocycles. The topological polar surface area (TPSA) is 37.3 Å². The zero-order chi connectivity index (χ0) is 9.97. The van der Waals surface area contributed by atoms with E-state index in [4.69, 9.17) is 0 Å². The molecule has 0 saturated heterocycles. The molecule has 1 aliphatic rings. The highest BCUT2D eigenvalue weighted by atomic mass is 16.3. The fourth-order valence-corrected chi connectivity index (χ4v) is 1.65. The third kappa shape index (κ3) is 1.75. The molecule has 1 atom stereocenters. The summed E-state index contributed by atoms with van der Waals surface area (Å²) in [7, 11) is 0. The van der Waals surface area contributed by atoms with Crippen LogP contribution in [0.4, 0.5) is 0 Å². The second-order valence-electron chi connectivity index (χ2n) is 3.49. The maximum absolute atomic E-state index is 11.3. The first-order valence-electron chi connectivity index (χ1n) is 4.75. The quantitative estimate of drug-likeness (QED) is 0.729. The van der Waals surface area contributed by atoms with E-state index in [9.17, 15) is 9.90 Å². The van der Waals surface area contributed by atoms with E-state index in [1.807, 2.05) is 30.3 Å². The zero-order valence-corrected chi connectivity index (χ0v) is 7.81. The number of aliphatic hydroxyl groups excluding tert-OH is 1. The normalized spacial score (nSPS) is 21.9. The van der Waals surface area contributed by atoms with Crippen LogP contribution in [-0.4, -0.2) is 17.0 Å². The lowest BCUT2D eigenvalue weighted by Gasteiger charge is -2.16. The Morgan fingerprint density at radius 1 is 1.21 bits per heavy atom. The van der Waals surface area contributed by atoms with E-state index in [1.54, 1.807) is 6.08 Å². The molecule has 2 nitrogen and oxygen atoms in total. The number of carbonyl (C=O) groups excluding carboxylic acids is 1. The molecule has 1 aromatic rings. The van der Waals surface area contributed by atoms with Crippen LogP contribution >= 0.6 is 0 Å². The van der Waals surface area contributed by atoms with Gasteiger partial charge in [-0.1, -0.05) is 30.3 Å². The molecule has 0 heterocycles. The van der Waals surface area contributed by atoms with Crippen LogP contribution in [0, 0.1) is 0 Å². The summed E-state index contributed by atoms with van der Waals surface area (Å²) in [4.78, 5) is 11.3. The van der Waals surface area contributed by atoms with Crippen LogP contribution in [0.3, 0.4) is 0 Å². The minimum atomic E-state index is -0.789. The summed E-state index contributed by atoms with van der Waals surface area (Å²) < 4.78 is 0. The predicted molar refractivity (Wildman–Crippen MR) is 54.7 cm³/mol. The fourth-order valence-electron chi connectivity index (χ4n) is 1.65. The van der Waals surface area contributed by atoms with Crippen LogP contribution in [-0.2, 0) is 4.79 Å². The molecule has 0 radical (unpaired) electrons. The summed E-state index contributed by atoms with van der Waals surface area (Å²) in [5.41, 5.74) is 2.11. The maximum atomic E-state index is 11.3. The largest absolute Gasteiger partial charge is 0.385 e. The first-order valence-corrected chi connectivity index (χ1v) is 4.75. The number of hydrogen-bond acceptors (Lipinski definition) is 2. The van der Waals surface area contributed by atoms with Gasteiger partial charge >= 0.3 is 0 Å². The van der Waals surface area contributed by atoms with Crippen molar-refractivity contribution in [2.45, 2.75) is 18.9 Å². The van der Waals surface area contributed by atoms with Gasteiger partial charge in [0.25, 0.3) is 0 Å². The summed E-state index contributed by atoms with van der Waals surface area (Å²) in [6, 6.07) is 9.81. The molecule has 14 heavy (non-hydrogen) atoms. The van der Waals surface area contributed by atoms with E-state index in [0.717, 1.165) is 17.6 Å². The second kappa shape index (κ2) is 3.76. The van der Waals surface area contributed by atoms with Crippen LogP contribution in [0.1, 0.15) is 18.4 Å². The average molecular weight is 188 g/mol. The summed E-state index contributed by atoms with van der Waals surface area (Å²) in [5.74, 6) is -0.171. The van der Waals surface area contributed by atoms with Crippen molar-refractivity contribution in [1.82, 2.24) is 0 Å². The first-order chi connectivity index (χ1) is 6.77. The highest BCUT2D eigenvalue weighted by molar-refractivity contribution is 6.01. The molecule has 1 N–H and O–H groups in total. The molecule has 2 rings (SSSR count). The number of carbonyl (C=O) groups is 1. The Hall–Kier alpha value is -1.41. The Balaban J connectivity index is 2.29. The number of hydrogen-bond donors (Lipinski definition) is 1. The fraction of sp³-hybridized carbons (Fsp3) is 0.250. The molecule has 1 aliphatic carbocycles. The molecule has 2 heteroatoms. The van der Waals surface area contributed by atoms with Gasteiger partial charge in [0.2, 0.25) is 0 Å². The van der Waals surface area contributed by atoms with Crippen molar-refractivity contribution >= 4 is 11.4 Å². The number of aliphatic hydroxyl groups is 1. The van der Waals surface area contributed by atoms with Crippen molar-refractivity contribution in [3.05, 3.63) is 42.0 Å². The van der Waals surface area contributed by atoms with Gasteiger partial charge in [-0.25, -0.2) is 0 Å². The van der Waals surface area contributed by atoms with Gasteiger partial charge in [0.1, 0.15) is 6.10 Å². The third-order valence-electron chi connectivity index (χ3n) is 2.48. The van der Waals surface area contributed by atoms with Crippen molar-refractivity contribution in [2.75, 3.05) is 0 Å². The minimum Gasteiger partial charge on any atom is -0.385 e. The maximum Gasteiger partial charge on any atom is 0.184 e. The van der Waals surface area contributed by atoms with Crippen molar-refractivity contribution in [2.24, 2.45) is 0 Å². The minimum absolute atomic E-state index is 0.171. The van der Waals surface area contributed by atoms with Gasteiger partial charge in [-0.2, -0.15) is 0 Å². The lowest BCUT2D eigenvalue weighted by atomic mass is 9.91. The van der Waals surface area contributed by atoms with Crippen LogP contribution in [0.2, 0.25) is 0 Å². The Labute approximate surface area is 82.9 Å². The molecule has 0 aromatic heterocycles. The van der Waals surface area contributed by atoms with Gasteiger partial charge in [0.05, 0.1) is 0 Å². The molecule has 0 spiro atoms. The highest BCUT2D eigenvalue weighted by Crippen LogP contribution is 2.24. The first kappa shape index (κ1) is 9.16. The summed E-state index contributed by atoms with van der Waals surface area (Å²) in [6.45, 7) is 0. The van der Waals surface area contributed by atoms with E-state index in [0.29, 0.717) is 6.42 Å². The van der Waals surface area contributed by atoms with E-state index in [2.05, 4.69) is 0 Å². The summed E-state index contributed by atoms with van der Waals surface area (Å²) in [6.07, 6.45) is 2.09. The van der Waals surface area contributed by atoms with Crippen molar-refractivity contribution < 1.29 is 9.90 Å². The smallest absolute Gasteiger partial charge is 0.184 e. The van der Waals surface area contributed by atoms with Gasteiger partial charge < -0.3 is 5.11 Å². The molecule has 0 aliphatic heterocycles. The van der Waals surface area contributed by atoms with Crippen molar-refractivity contribution in [3.8, 4) is 0 Å². The van der Waals surface area contributed by atoms with Gasteiger partial charge in [-0.3, -0.25) is 4.79 Å². The summed E-state index contributed by atoms with van der Waals surface area (Å²) >= 11 is 0. The number of ketones is 1. The van der Waals surface area contributed by atoms with Crippen LogP contribution < -0.4 is 0 Å². The predicted octanol–water partition coefficient (Wildman–Crippen LogP) is 1.79. The van der Waals surface area contributed by atoms with Crippen molar-refractivity contribution in [1.29, 1.82) is 0 Å². The lowest BCUT2D eigenvalue weighted by Crippen LogP contribution is -2.21. The van der Waals surface area contributed by atoms with E-state index >= 15 is 0 Å². The van der Waals surface area contributed by atoms with Crippen LogP contribution in [0.25, 0.3) is 5.57 Å². The SMILES string of the molecule is O=C1C=C(c2ccccc2)CCC1O. The highest BCUT2D eigenvalue weighted by Gasteiger charge is 2.19. The van der Waals surface area contributed by atoms with Gasteiger partial charge in [0.15, 0.2) is 5.78 Å². The number of allylic oxidation sites excluding steroid dienone is 1. The average Bonchev–Trinajstić information content (AvgIpc) is 2.23. The summed E-state index contributed by atoms with van der Waals surface area (Å²) in [5, 5.41) is 9.25. The molecule has 0 bridgehead atoms. The molecule has 72 valence electrons. The lowest BCUT2D eigenvalue weighted by molar-refractivity contribution is -0.122. The Morgan fingerprint density at radius 2 is 1.93 bits per heavy atom. The number of benzene rings is 1. The van der Waals surface area contributed by atoms with Gasteiger partial charge in [-0.05, 0) is 30.1 Å². The second-order valence-corrected chi connectivity index (χ2v) is 3.49. The van der Waals surface area contributed by atoms with E-state index in [-0.39, 0.29) is 5.78 Å². The zero-order valence-electron chi connectivity index (χ0n) is 7.81. The molecular formula is C12H12O2. The number of rotatable bonds is 1. The van der Waals surface area contributed by atoms with E-state index in [1.165, 1.54) is 0 Å². The van der Waals surface area contributed by atoms with Gasteiger partial charge in [0, 0.05) is 0 Å². The third-order valence-corrected chi connectivity index (χ3v) is 2.48. The monoisotopic (exact) mass is 188 g/mol. The Bertz CT molecular complexity index is 365. The molecular weight excluding hydrogens is 176 g/mol. The standard InChI is InChI=1S/C12H12O2/c13-11-7-6-10(8-12(11)14)9-4-2-1-3-5-9/h1-5,8,11,13H,6-7H2. The molecule has 0 fully saturated rings. The van der Waals surface area contributed by atoms with Crippen LogP contribution in [0.5, 0.6) is 0 Å².